The van der Waals surface area contributed by atoms with Gasteiger partial charge >= 0.3 is 0 Å². The van der Waals surface area contributed by atoms with E-state index in [1.54, 1.807) is 12.1 Å². The maximum atomic E-state index is 12.8. The van der Waals surface area contributed by atoms with E-state index in [1.807, 2.05) is 25.1 Å². The lowest BCUT2D eigenvalue weighted by molar-refractivity contribution is 0.628. The minimum Gasteiger partial charge on any atom is -0.207 e. The molecule has 2 heteroatoms. The molecule has 0 fully saturated rings. The van der Waals surface area contributed by atoms with Gasteiger partial charge in [-0.05, 0) is 47.4 Å². The normalized spacial score (nSPS) is 9.94. The van der Waals surface area contributed by atoms with E-state index >= 15 is 0 Å². The molecular weight excluding hydrogens is 213 g/mol. The van der Waals surface area contributed by atoms with Crippen LogP contribution in [0.3, 0.4) is 0 Å². The molecule has 17 heavy (non-hydrogen) atoms. The summed E-state index contributed by atoms with van der Waals surface area (Å²) in [6.45, 7) is 1.99. The molecule has 0 unspecified atom stereocenters. The Morgan fingerprint density at radius 1 is 1.06 bits per heavy atom. The molecule has 0 saturated heterocycles. The second kappa shape index (κ2) is 4.80. The number of aryl methyl sites for hydroxylation is 1. The third kappa shape index (κ3) is 2.51. The average molecular weight is 225 g/mol. The molecule has 2 rings (SSSR count). The lowest BCUT2D eigenvalue weighted by Gasteiger charge is -2.06. The van der Waals surface area contributed by atoms with E-state index in [2.05, 4.69) is 6.07 Å². The third-order valence-corrected chi connectivity index (χ3v) is 2.80. The van der Waals surface area contributed by atoms with E-state index in [4.69, 9.17) is 5.26 Å². The van der Waals surface area contributed by atoms with Crippen molar-refractivity contribution in [2.45, 2.75) is 13.3 Å². The number of halogens is 1. The van der Waals surface area contributed by atoms with Gasteiger partial charge in [-0.3, -0.25) is 0 Å². The Hall–Kier alpha value is -2.14. The molecule has 0 atom stereocenters. The topological polar surface area (TPSA) is 23.8 Å². The van der Waals surface area contributed by atoms with Crippen molar-refractivity contribution in [3.8, 4) is 17.2 Å². The summed E-state index contributed by atoms with van der Waals surface area (Å²) < 4.78 is 12.8. The van der Waals surface area contributed by atoms with Crippen molar-refractivity contribution in [2.24, 2.45) is 0 Å². The fraction of sp³-hybridized carbons (Fsp3) is 0.133. The van der Waals surface area contributed by atoms with Crippen molar-refractivity contribution >= 4 is 0 Å². The molecular formula is C15H12FN. The first-order valence-corrected chi connectivity index (χ1v) is 5.43. The highest BCUT2D eigenvalue weighted by Gasteiger charge is 2.02. The van der Waals surface area contributed by atoms with E-state index in [1.165, 1.54) is 12.1 Å². The van der Waals surface area contributed by atoms with Crippen LogP contribution in [-0.2, 0) is 6.42 Å². The van der Waals surface area contributed by atoms with Gasteiger partial charge in [0.25, 0.3) is 0 Å². The highest BCUT2D eigenvalue weighted by molar-refractivity contribution is 5.65. The molecule has 2 aromatic rings. The Balaban J connectivity index is 2.43. The van der Waals surface area contributed by atoms with E-state index in [9.17, 15) is 4.39 Å². The third-order valence-electron chi connectivity index (χ3n) is 2.80. The Labute approximate surface area is 100 Å². The van der Waals surface area contributed by atoms with Crippen LogP contribution in [0.2, 0.25) is 0 Å². The predicted molar refractivity (Wildman–Crippen MR) is 65.9 cm³/mol. The summed E-state index contributed by atoms with van der Waals surface area (Å²) in [5.74, 6) is -0.238. The summed E-state index contributed by atoms with van der Waals surface area (Å²) in [5.41, 5.74) is 4.11. The van der Waals surface area contributed by atoms with E-state index in [0.29, 0.717) is 6.42 Å². The summed E-state index contributed by atoms with van der Waals surface area (Å²) in [6, 6.07) is 14.5. The molecule has 0 spiro atoms. The maximum absolute atomic E-state index is 12.8. The zero-order valence-electron chi connectivity index (χ0n) is 9.57. The first-order chi connectivity index (χ1) is 8.20. The first kappa shape index (κ1) is 11.3. The summed E-state index contributed by atoms with van der Waals surface area (Å²) in [5, 5.41) is 8.74. The van der Waals surface area contributed by atoms with Crippen LogP contribution in [0, 0.1) is 24.1 Å². The second-order valence-corrected chi connectivity index (χ2v) is 3.98. The molecule has 0 amide bonds. The van der Waals surface area contributed by atoms with Gasteiger partial charge in [-0.25, -0.2) is 4.39 Å². The van der Waals surface area contributed by atoms with Crippen molar-refractivity contribution in [1.82, 2.24) is 0 Å². The minimum absolute atomic E-state index is 0.238. The van der Waals surface area contributed by atoms with Crippen LogP contribution in [0.25, 0.3) is 11.1 Å². The highest BCUT2D eigenvalue weighted by Crippen LogP contribution is 2.22. The minimum atomic E-state index is -0.238. The number of nitriles is 1. The fourth-order valence-corrected chi connectivity index (χ4v) is 1.77. The molecule has 0 aliphatic rings. The summed E-state index contributed by atoms with van der Waals surface area (Å²) in [7, 11) is 0. The van der Waals surface area contributed by atoms with Crippen LogP contribution in [-0.4, -0.2) is 0 Å². The Bertz CT molecular complexity index is 564. The Kier molecular flexibility index (Phi) is 3.20. The zero-order chi connectivity index (χ0) is 12.3. The lowest BCUT2D eigenvalue weighted by Crippen LogP contribution is -1.89. The van der Waals surface area contributed by atoms with Gasteiger partial charge in [0.15, 0.2) is 0 Å². The van der Waals surface area contributed by atoms with Gasteiger partial charge < -0.3 is 0 Å². The Morgan fingerprint density at radius 3 is 2.35 bits per heavy atom. The van der Waals surface area contributed by atoms with Gasteiger partial charge in [-0.15, -0.1) is 0 Å². The van der Waals surface area contributed by atoms with Gasteiger partial charge in [0.05, 0.1) is 12.5 Å². The molecule has 0 heterocycles. The van der Waals surface area contributed by atoms with E-state index in [-0.39, 0.29) is 5.82 Å². The van der Waals surface area contributed by atoms with Crippen LogP contribution in [0.4, 0.5) is 4.39 Å². The molecule has 0 bridgehead atoms. The summed E-state index contributed by atoms with van der Waals surface area (Å²) in [6.07, 6.45) is 0.404. The van der Waals surface area contributed by atoms with Crippen molar-refractivity contribution in [3.63, 3.8) is 0 Å². The van der Waals surface area contributed by atoms with Gasteiger partial charge in [0.2, 0.25) is 0 Å². The molecule has 1 nitrogen and oxygen atoms in total. The molecule has 0 aromatic heterocycles. The average Bonchev–Trinajstić information content (AvgIpc) is 2.33. The Morgan fingerprint density at radius 2 is 1.71 bits per heavy atom. The van der Waals surface area contributed by atoms with Crippen LogP contribution in [0.15, 0.2) is 42.5 Å². The molecule has 2 aromatic carbocycles. The monoisotopic (exact) mass is 225 g/mol. The predicted octanol–water partition coefficient (Wildman–Crippen LogP) is 3.87. The van der Waals surface area contributed by atoms with Crippen molar-refractivity contribution < 1.29 is 4.39 Å². The van der Waals surface area contributed by atoms with Crippen molar-refractivity contribution in [2.75, 3.05) is 0 Å². The highest BCUT2D eigenvalue weighted by atomic mass is 19.1. The van der Waals surface area contributed by atoms with Gasteiger partial charge in [-0.1, -0.05) is 24.3 Å². The first-order valence-electron chi connectivity index (χ1n) is 5.43. The van der Waals surface area contributed by atoms with E-state index in [0.717, 1.165) is 22.3 Å². The van der Waals surface area contributed by atoms with Crippen LogP contribution in [0.5, 0.6) is 0 Å². The fourth-order valence-electron chi connectivity index (χ4n) is 1.77. The molecule has 0 aliphatic heterocycles. The van der Waals surface area contributed by atoms with Crippen molar-refractivity contribution in [3.05, 3.63) is 59.4 Å². The van der Waals surface area contributed by atoms with Crippen molar-refractivity contribution in [1.29, 1.82) is 5.26 Å². The van der Waals surface area contributed by atoms with Crippen LogP contribution in [0.1, 0.15) is 11.1 Å². The molecule has 84 valence electrons. The lowest BCUT2D eigenvalue weighted by atomic mass is 9.98. The second-order valence-electron chi connectivity index (χ2n) is 3.98. The van der Waals surface area contributed by atoms with Gasteiger partial charge in [0.1, 0.15) is 5.82 Å². The summed E-state index contributed by atoms with van der Waals surface area (Å²) in [4.78, 5) is 0. The molecule has 0 radical (unpaired) electrons. The zero-order valence-corrected chi connectivity index (χ0v) is 9.57. The number of rotatable bonds is 2. The number of nitrogens with zero attached hydrogens (tertiary/aromatic N) is 1. The maximum Gasteiger partial charge on any atom is 0.123 e. The standard InChI is InChI=1S/C15H12FN/c1-11-2-3-14(10-13(11)8-9-17)12-4-6-15(16)7-5-12/h2-7,10H,8H2,1H3. The number of hydrogen-bond acceptors (Lipinski definition) is 1. The quantitative estimate of drug-likeness (QED) is 0.761. The van der Waals surface area contributed by atoms with Crippen LogP contribution >= 0.6 is 0 Å². The number of hydrogen-bond donors (Lipinski definition) is 0. The SMILES string of the molecule is Cc1ccc(-c2ccc(F)cc2)cc1CC#N. The largest absolute Gasteiger partial charge is 0.207 e. The molecule has 0 N–H and O–H groups in total. The molecule has 0 saturated carbocycles. The summed E-state index contributed by atoms with van der Waals surface area (Å²) >= 11 is 0. The van der Waals surface area contributed by atoms with Gasteiger partial charge in [0, 0.05) is 0 Å². The van der Waals surface area contributed by atoms with Gasteiger partial charge in [-0.2, -0.15) is 5.26 Å². The van der Waals surface area contributed by atoms with Crippen LogP contribution < -0.4 is 0 Å². The smallest absolute Gasteiger partial charge is 0.123 e. The van der Waals surface area contributed by atoms with E-state index < -0.39 is 0 Å². The number of benzene rings is 2. The molecule has 0 aliphatic carbocycles.